The highest BCUT2D eigenvalue weighted by atomic mass is 15.2. The molecule has 0 atom stereocenters. The van der Waals surface area contributed by atoms with Crippen molar-refractivity contribution in [3.05, 3.63) is 175 Å². The van der Waals surface area contributed by atoms with Gasteiger partial charge in [0.15, 0.2) is 5.82 Å². The fourth-order valence-electron chi connectivity index (χ4n) is 8.14. The van der Waals surface area contributed by atoms with E-state index >= 15 is 0 Å². The second-order valence-electron chi connectivity index (χ2n) is 13.8. The van der Waals surface area contributed by atoms with Gasteiger partial charge in [0, 0.05) is 27.5 Å². The molecule has 8 aromatic carbocycles. The van der Waals surface area contributed by atoms with Crippen molar-refractivity contribution in [1.82, 2.24) is 9.97 Å². The minimum atomic E-state index is -0.106. The number of fused-ring (bicyclic) bond motifs is 2. The van der Waals surface area contributed by atoms with Crippen LogP contribution >= 0.6 is 0 Å². The van der Waals surface area contributed by atoms with Crippen LogP contribution in [-0.2, 0) is 5.41 Å². The summed E-state index contributed by atoms with van der Waals surface area (Å²) in [6, 6.07) is 58.9. The highest BCUT2D eigenvalue weighted by molar-refractivity contribution is 6.26. The van der Waals surface area contributed by atoms with Crippen LogP contribution in [0.3, 0.4) is 0 Å². The van der Waals surface area contributed by atoms with Crippen LogP contribution in [0.5, 0.6) is 0 Å². The molecule has 0 N–H and O–H groups in total. The molecule has 0 aliphatic carbocycles. The van der Waals surface area contributed by atoms with E-state index < -0.39 is 0 Å². The monoisotopic (exact) mass is 639 g/mol. The van der Waals surface area contributed by atoms with Gasteiger partial charge in [-0.15, -0.1) is 0 Å². The lowest BCUT2D eigenvalue weighted by molar-refractivity contribution is 0.632. The summed E-state index contributed by atoms with van der Waals surface area (Å²) in [5.41, 5.74) is 11.2. The lowest BCUT2D eigenvalue weighted by Crippen LogP contribution is -2.30. The second-order valence-corrected chi connectivity index (χ2v) is 13.8. The molecular weight excluding hydrogens is 607 g/mol. The van der Waals surface area contributed by atoms with Crippen molar-refractivity contribution >= 4 is 49.4 Å². The third-order valence-electron chi connectivity index (χ3n) is 10.6. The van der Waals surface area contributed by atoms with E-state index in [0.717, 1.165) is 33.9 Å². The molecule has 0 saturated heterocycles. The standard InChI is InChI=1S/C47H33N3/c1-47(2)37-17-9-11-19-42(37)50(43-20-12-10-18-38(43)47)41-26-24-31-21-22-33-27-35(28-34-23-25-36(41)45(31)44(33)34)40-29-39(30-13-5-3-6-14-30)48-46(49-40)32-15-7-4-8-16-32/h3-29H,1-2H3. The molecule has 9 aromatic rings. The van der Waals surface area contributed by atoms with Crippen LogP contribution in [0.4, 0.5) is 17.1 Å². The van der Waals surface area contributed by atoms with E-state index in [-0.39, 0.29) is 5.41 Å². The average molecular weight is 640 g/mol. The van der Waals surface area contributed by atoms with Crippen molar-refractivity contribution in [3.8, 4) is 33.9 Å². The molecular formula is C47H33N3. The Morgan fingerprint density at radius 2 is 0.940 bits per heavy atom. The first kappa shape index (κ1) is 28.7. The molecule has 1 aromatic heterocycles. The minimum Gasteiger partial charge on any atom is -0.309 e. The first-order chi connectivity index (χ1) is 24.5. The van der Waals surface area contributed by atoms with Crippen molar-refractivity contribution in [2.75, 3.05) is 4.90 Å². The Bertz CT molecular complexity index is 2600. The summed E-state index contributed by atoms with van der Waals surface area (Å²) in [6.07, 6.45) is 0. The maximum absolute atomic E-state index is 5.15. The van der Waals surface area contributed by atoms with Crippen molar-refractivity contribution in [2.24, 2.45) is 0 Å². The summed E-state index contributed by atoms with van der Waals surface area (Å²) in [4.78, 5) is 12.6. The van der Waals surface area contributed by atoms with Gasteiger partial charge in [-0.1, -0.05) is 141 Å². The Hall–Kier alpha value is -6.32. The summed E-state index contributed by atoms with van der Waals surface area (Å²) >= 11 is 0. The van der Waals surface area contributed by atoms with Crippen molar-refractivity contribution < 1.29 is 0 Å². The van der Waals surface area contributed by atoms with Gasteiger partial charge in [0.2, 0.25) is 0 Å². The topological polar surface area (TPSA) is 29.0 Å². The zero-order chi connectivity index (χ0) is 33.4. The van der Waals surface area contributed by atoms with E-state index in [1.54, 1.807) is 0 Å². The molecule has 1 aliphatic heterocycles. The normalized spacial score (nSPS) is 13.5. The number of hydrogen-bond acceptors (Lipinski definition) is 3. The first-order valence-electron chi connectivity index (χ1n) is 17.3. The molecule has 0 amide bonds. The zero-order valence-corrected chi connectivity index (χ0v) is 27.9. The van der Waals surface area contributed by atoms with Gasteiger partial charge in [-0.3, -0.25) is 0 Å². The van der Waals surface area contributed by atoms with Crippen LogP contribution < -0.4 is 4.90 Å². The largest absolute Gasteiger partial charge is 0.309 e. The van der Waals surface area contributed by atoms with Crippen LogP contribution in [0, 0.1) is 0 Å². The highest BCUT2D eigenvalue weighted by Crippen LogP contribution is 2.53. The Labute approximate surface area is 291 Å². The molecule has 0 saturated carbocycles. The van der Waals surface area contributed by atoms with Crippen LogP contribution in [-0.4, -0.2) is 9.97 Å². The van der Waals surface area contributed by atoms with Gasteiger partial charge in [-0.2, -0.15) is 0 Å². The van der Waals surface area contributed by atoms with Crippen molar-refractivity contribution in [3.63, 3.8) is 0 Å². The second kappa shape index (κ2) is 10.8. The van der Waals surface area contributed by atoms with Gasteiger partial charge in [0.05, 0.1) is 28.5 Å². The number of rotatable bonds is 4. The van der Waals surface area contributed by atoms with Gasteiger partial charge in [-0.25, -0.2) is 9.97 Å². The highest BCUT2D eigenvalue weighted by Gasteiger charge is 2.37. The van der Waals surface area contributed by atoms with Gasteiger partial charge >= 0.3 is 0 Å². The van der Waals surface area contributed by atoms with E-state index in [1.807, 2.05) is 24.3 Å². The van der Waals surface area contributed by atoms with Crippen LogP contribution in [0.15, 0.2) is 164 Å². The first-order valence-corrected chi connectivity index (χ1v) is 17.3. The van der Waals surface area contributed by atoms with Crippen LogP contribution in [0.25, 0.3) is 66.2 Å². The smallest absolute Gasteiger partial charge is 0.160 e. The molecule has 0 bridgehead atoms. The molecule has 0 radical (unpaired) electrons. The molecule has 3 heteroatoms. The fraction of sp³-hybridized carbons (Fsp3) is 0.0638. The van der Waals surface area contributed by atoms with Gasteiger partial charge in [0.25, 0.3) is 0 Å². The Morgan fingerprint density at radius 1 is 0.420 bits per heavy atom. The molecule has 0 spiro atoms. The predicted molar refractivity (Wildman–Crippen MR) is 209 cm³/mol. The third-order valence-corrected chi connectivity index (χ3v) is 10.6. The zero-order valence-electron chi connectivity index (χ0n) is 27.9. The fourth-order valence-corrected chi connectivity index (χ4v) is 8.14. The number of aromatic nitrogens is 2. The van der Waals surface area contributed by atoms with E-state index in [0.29, 0.717) is 0 Å². The molecule has 0 unspecified atom stereocenters. The van der Waals surface area contributed by atoms with Crippen LogP contribution in [0.2, 0.25) is 0 Å². The number of benzene rings is 8. The van der Waals surface area contributed by atoms with Gasteiger partial charge in [0.1, 0.15) is 0 Å². The Kier molecular flexibility index (Phi) is 6.22. The molecule has 0 fully saturated rings. The number of para-hydroxylation sites is 2. The minimum absolute atomic E-state index is 0.106. The van der Waals surface area contributed by atoms with Crippen LogP contribution in [0.1, 0.15) is 25.0 Å². The predicted octanol–water partition coefficient (Wildman–Crippen LogP) is 12.5. The SMILES string of the molecule is CC1(C)c2ccccc2N(c2ccc3ccc4cc(-c5cc(-c6ccccc6)nc(-c6ccccc6)n5)cc5ccc2c3c45)c2ccccc21. The summed E-state index contributed by atoms with van der Waals surface area (Å²) in [6.45, 7) is 4.68. The Morgan fingerprint density at radius 3 is 1.60 bits per heavy atom. The summed E-state index contributed by atoms with van der Waals surface area (Å²) in [5, 5.41) is 7.47. The van der Waals surface area contributed by atoms with E-state index in [4.69, 9.17) is 9.97 Å². The molecule has 3 nitrogen and oxygen atoms in total. The van der Waals surface area contributed by atoms with E-state index in [9.17, 15) is 0 Å². The van der Waals surface area contributed by atoms with E-state index in [2.05, 4.69) is 158 Å². The summed E-state index contributed by atoms with van der Waals surface area (Å²) in [5.74, 6) is 0.724. The molecule has 50 heavy (non-hydrogen) atoms. The molecule has 236 valence electrons. The third kappa shape index (κ3) is 4.30. The molecule has 2 heterocycles. The maximum Gasteiger partial charge on any atom is 0.160 e. The number of nitrogens with zero attached hydrogens (tertiary/aromatic N) is 3. The summed E-state index contributed by atoms with van der Waals surface area (Å²) < 4.78 is 0. The number of hydrogen-bond donors (Lipinski definition) is 0. The van der Waals surface area contributed by atoms with Crippen molar-refractivity contribution in [2.45, 2.75) is 19.3 Å². The quantitative estimate of drug-likeness (QED) is 0.179. The number of anilines is 3. The van der Waals surface area contributed by atoms with Crippen molar-refractivity contribution in [1.29, 1.82) is 0 Å². The lowest BCUT2D eigenvalue weighted by atomic mass is 9.73. The average Bonchev–Trinajstić information content (AvgIpc) is 3.18. The molecule has 10 rings (SSSR count). The lowest BCUT2D eigenvalue weighted by Gasteiger charge is -2.42. The van der Waals surface area contributed by atoms with Gasteiger partial charge in [-0.05, 0) is 74.5 Å². The van der Waals surface area contributed by atoms with Gasteiger partial charge < -0.3 is 4.90 Å². The molecule has 1 aliphatic rings. The maximum atomic E-state index is 5.15. The Balaban J connectivity index is 1.18. The summed E-state index contributed by atoms with van der Waals surface area (Å²) in [7, 11) is 0. The van der Waals surface area contributed by atoms with E-state index in [1.165, 1.54) is 60.5 Å².